The van der Waals surface area contributed by atoms with Gasteiger partial charge >= 0.3 is 0 Å². The molecule has 0 N–H and O–H groups in total. The first-order valence-corrected chi connectivity index (χ1v) is 7.90. The Morgan fingerprint density at radius 3 is 2.40 bits per heavy atom. The Kier molecular flexibility index (Phi) is 2.58. The van der Waals surface area contributed by atoms with Crippen LogP contribution in [0.4, 0.5) is 0 Å². The molecule has 0 saturated heterocycles. The zero-order valence-electron chi connectivity index (χ0n) is 11.7. The molecule has 0 aliphatic carbocycles. The molecule has 4 aromatic rings. The summed E-state index contributed by atoms with van der Waals surface area (Å²) < 4.78 is 2.80. The van der Waals surface area contributed by atoms with E-state index in [0.717, 1.165) is 0 Å². The van der Waals surface area contributed by atoms with Gasteiger partial charge in [0.15, 0.2) is 0 Å². The first kappa shape index (κ1) is 11.9. The molecule has 0 nitrogen and oxygen atoms in total. The Labute approximate surface area is 122 Å². The fourth-order valence-corrected chi connectivity index (χ4v) is 4.25. The van der Waals surface area contributed by atoms with Gasteiger partial charge in [-0.3, -0.25) is 0 Å². The van der Waals surface area contributed by atoms with E-state index in [-0.39, 0.29) is 0 Å². The molecule has 0 radical (unpaired) electrons. The maximum absolute atomic E-state index is 2.28. The van der Waals surface area contributed by atoms with Gasteiger partial charge in [-0.25, -0.2) is 0 Å². The van der Waals surface area contributed by atoms with Crippen LogP contribution in [0.1, 0.15) is 25.3 Å². The normalized spacial score (nSPS) is 11.9. The highest BCUT2D eigenvalue weighted by Gasteiger charge is 2.13. The topological polar surface area (TPSA) is 0 Å². The largest absolute Gasteiger partial charge is 0.135 e. The molecule has 0 amide bonds. The third-order valence-corrected chi connectivity index (χ3v) is 5.16. The lowest BCUT2D eigenvalue weighted by molar-refractivity contribution is 0.877. The summed E-state index contributed by atoms with van der Waals surface area (Å²) in [6, 6.07) is 19.9. The van der Waals surface area contributed by atoms with Crippen LogP contribution >= 0.6 is 11.3 Å². The SMILES string of the molecule is CC(C)c1cccc2sc3ccc4ccccc4c3c12. The number of thiophene rings is 1. The number of rotatable bonds is 1. The molecule has 1 heterocycles. The van der Waals surface area contributed by atoms with Crippen LogP contribution in [-0.2, 0) is 0 Å². The van der Waals surface area contributed by atoms with Crippen molar-refractivity contribution >= 4 is 42.3 Å². The van der Waals surface area contributed by atoms with Gasteiger partial charge in [0.2, 0.25) is 0 Å². The van der Waals surface area contributed by atoms with Crippen LogP contribution in [0.2, 0.25) is 0 Å². The van der Waals surface area contributed by atoms with Crippen molar-refractivity contribution in [2.75, 3.05) is 0 Å². The first-order chi connectivity index (χ1) is 9.75. The predicted molar refractivity (Wildman–Crippen MR) is 90.9 cm³/mol. The minimum absolute atomic E-state index is 0.551. The van der Waals surface area contributed by atoms with E-state index in [2.05, 4.69) is 68.4 Å². The first-order valence-electron chi connectivity index (χ1n) is 7.08. The van der Waals surface area contributed by atoms with Crippen molar-refractivity contribution in [1.82, 2.24) is 0 Å². The second-order valence-electron chi connectivity index (χ2n) is 5.64. The van der Waals surface area contributed by atoms with Gasteiger partial charge in [0.1, 0.15) is 0 Å². The maximum atomic E-state index is 2.28. The van der Waals surface area contributed by atoms with Gasteiger partial charge in [0.25, 0.3) is 0 Å². The lowest BCUT2D eigenvalue weighted by atomic mass is 9.95. The lowest BCUT2D eigenvalue weighted by Gasteiger charge is -2.08. The molecule has 0 atom stereocenters. The second kappa shape index (κ2) is 4.32. The van der Waals surface area contributed by atoms with Crippen LogP contribution in [0, 0.1) is 0 Å². The highest BCUT2D eigenvalue weighted by molar-refractivity contribution is 7.26. The van der Waals surface area contributed by atoms with E-state index in [0.29, 0.717) is 5.92 Å². The van der Waals surface area contributed by atoms with Gasteiger partial charge in [0.05, 0.1) is 0 Å². The standard InChI is InChI=1S/C19H16S/c1-12(2)14-8-5-9-16-18(14)19-15-7-4-3-6-13(15)10-11-17(19)20-16/h3-12H,1-2H3. The number of hydrogen-bond donors (Lipinski definition) is 0. The van der Waals surface area contributed by atoms with Gasteiger partial charge in [0, 0.05) is 20.2 Å². The van der Waals surface area contributed by atoms with Crippen molar-refractivity contribution in [3.05, 3.63) is 60.2 Å². The molecule has 20 heavy (non-hydrogen) atoms. The van der Waals surface area contributed by atoms with Crippen LogP contribution in [0.15, 0.2) is 54.6 Å². The van der Waals surface area contributed by atoms with E-state index in [1.165, 1.54) is 36.5 Å². The summed E-state index contributed by atoms with van der Waals surface area (Å²) in [5.74, 6) is 0.551. The molecule has 1 aromatic heterocycles. The maximum Gasteiger partial charge on any atom is 0.0361 e. The monoisotopic (exact) mass is 276 g/mol. The Balaban J connectivity index is 2.32. The molecule has 0 fully saturated rings. The van der Waals surface area contributed by atoms with E-state index in [1.54, 1.807) is 0 Å². The summed E-state index contributed by atoms with van der Waals surface area (Å²) >= 11 is 1.91. The molecular weight excluding hydrogens is 260 g/mol. The van der Waals surface area contributed by atoms with E-state index in [1.807, 2.05) is 11.3 Å². The zero-order valence-corrected chi connectivity index (χ0v) is 12.5. The van der Waals surface area contributed by atoms with Crippen molar-refractivity contribution in [2.45, 2.75) is 19.8 Å². The zero-order chi connectivity index (χ0) is 13.7. The summed E-state index contributed by atoms with van der Waals surface area (Å²) in [7, 11) is 0. The number of hydrogen-bond acceptors (Lipinski definition) is 1. The average Bonchev–Trinajstić information content (AvgIpc) is 2.85. The highest BCUT2D eigenvalue weighted by Crippen LogP contribution is 2.41. The molecular formula is C19H16S. The fraction of sp³-hybridized carbons (Fsp3) is 0.158. The molecule has 0 spiro atoms. The quantitative estimate of drug-likeness (QED) is 0.381. The molecule has 0 aliphatic heterocycles. The van der Waals surface area contributed by atoms with Crippen molar-refractivity contribution < 1.29 is 0 Å². The van der Waals surface area contributed by atoms with Crippen molar-refractivity contribution in [1.29, 1.82) is 0 Å². The number of fused-ring (bicyclic) bond motifs is 5. The third-order valence-electron chi connectivity index (χ3n) is 4.04. The summed E-state index contributed by atoms with van der Waals surface area (Å²) in [5, 5.41) is 5.61. The fourth-order valence-electron chi connectivity index (χ4n) is 3.09. The molecule has 0 saturated carbocycles. The van der Waals surface area contributed by atoms with E-state index < -0.39 is 0 Å². The van der Waals surface area contributed by atoms with E-state index in [4.69, 9.17) is 0 Å². The molecule has 0 bridgehead atoms. The molecule has 4 rings (SSSR count). The van der Waals surface area contributed by atoms with Crippen molar-refractivity contribution in [2.24, 2.45) is 0 Å². The smallest absolute Gasteiger partial charge is 0.0361 e. The van der Waals surface area contributed by atoms with Crippen LogP contribution in [0.5, 0.6) is 0 Å². The summed E-state index contributed by atoms with van der Waals surface area (Å²) in [5.41, 5.74) is 1.46. The van der Waals surface area contributed by atoms with Crippen LogP contribution in [0.25, 0.3) is 30.9 Å². The van der Waals surface area contributed by atoms with Crippen LogP contribution < -0.4 is 0 Å². The molecule has 0 unspecified atom stereocenters. The van der Waals surface area contributed by atoms with Gasteiger partial charge in [-0.05, 0) is 34.4 Å². The number of benzene rings is 3. The third kappa shape index (κ3) is 1.60. The van der Waals surface area contributed by atoms with Crippen LogP contribution in [-0.4, -0.2) is 0 Å². The second-order valence-corrected chi connectivity index (χ2v) is 6.72. The molecule has 98 valence electrons. The lowest BCUT2D eigenvalue weighted by Crippen LogP contribution is -1.87. The van der Waals surface area contributed by atoms with Crippen molar-refractivity contribution in [3.8, 4) is 0 Å². The van der Waals surface area contributed by atoms with Gasteiger partial charge in [-0.15, -0.1) is 11.3 Å². The van der Waals surface area contributed by atoms with Gasteiger partial charge in [-0.1, -0.05) is 56.3 Å². The minimum Gasteiger partial charge on any atom is -0.135 e. The minimum atomic E-state index is 0.551. The molecule has 0 aliphatic rings. The Hall–Kier alpha value is -1.86. The summed E-state index contributed by atoms with van der Waals surface area (Å²) in [4.78, 5) is 0. The molecule has 1 heteroatoms. The van der Waals surface area contributed by atoms with Crippen LogP contribution in [0.3, 0.4) is 0 Å². The van der Waals surface area contributed by atoms with Gasteiger partial charge in [-0.2, -0.15) is 0 Å². The summed E-state index contributed by atoms with van der Waals surface area (Å²) in [6.07, 6.45) is 0. The predicted octanol–water partition coefficient (Wildman–Crippen LogP) is 6.33. The van der Waals surface area contributed by atoms with E-state index in [9.17, 15) is 0 Å². The van der Waals surface area contributed by atoms with Crippen molar-refractivity contribution in [3.63, 3.8) is 0 Å². The molecule has 3 aromatic carbocycles. The highest BCUT2D eigenvalue weighted by atomic mass is 32.1. The van der Waals surface area contributed by atoms with E-state index >= 15 is 0 Å². The average molecular weight is 276 g/mol. The van der Waals surface area contributed by atoms with Gasteiger partial charge < -0.3 is 0 Å². The Bertz CT molecular complexity index is 928. The summed E-state index contributed by atoms with van der Waals surface area (Å²) in [6.45, 7) is 4.56. The Morgan fingerprint density at radius 2 is 1.55 bits per heavy atom. The Morgan fingerprint density at radius 1 is 0.750 bits per heavy atom.